The molecule has 1 aromatic carbocycles. The molecule has 0 unspecified atom stereocenters. The van der Waals surface area contributed by atoms with Gasteiger partial charge >= 0.3 is 0 Å². The zero-order valence-electron chi connectivity index (χ0n) is 12.7. The molecular weight excluding hydrogens is 258 g/mol. The van der Waals surface area contributed by atoms with Crippen LogP contribution in [0.1, 0.15) is 43.5 Å². The van der Waals surface area contributed by atoms with Gasteiger partial charge in [0, 0.05) is 18.5 Å². The summed E-state index contributed by atoms with van der Waals surface area (Å²) in [5, 5.41) is 0. The number of nitrogen functional groups attached to an aromatic ring is 1. The number of nitrogens with zero attached hydrogens (tertiary/aromatic N) is 2. The molecular formula is C18H23N3. The van der Waals surface area contributed by atoms with Crippen molar-refractivity contribution in [2.75, 3.05) is 5.73 Å². The second kappa shape index (κ2) is 5.76. The number of allylic oxidation sites excluding steroid dienone is 1. The number of rotatable bonds is 6. The highest BCUT2D eigenvalue weighted by Crippen LogP contribution is 2.45. The summed E-state index contributed by atoms with van der Waals surface area (Å²) >= 11 is 0. The van der Waals surface area contributed by atoms with Gasteiger partial charge < -0.3 is 10.3 Å². The molecule has 1 heterocycles. The first-order valence-electron chi connectivity index (χ1n) is 7.81. The molecule has 3 nitrogen and oxygen atoms in total. The van der Waals surface area contributed by atoms with Crippen LogP contribution in [0.15, 0.2) is 36.9 Å². The first-order valence-corrected chi connectivity index (χ1v) is 7.81. The predicted octanol–water partition coefficient (Wildman–Crippen LogP) is 4.15. The molecule has 2 N–H and O–H groups in total. The smallest absolute Gasteiger partial charge is 0.132 e. The lowest BCUT2D eigenvalue weighted by molar-refractivity contribution is 0.724. The van der Waals surface area contributed by atoms with Crippen LogP contribution >= 0.6 is 0 Å². The van der Waals surface area contributed by atoms with Crippen molar-refractivity contribution >= 4 is 5.82 Å². The molecule has 1 aliphatic rings. The zero-order valence-corrected chi connectivity index (χ0v) is 12.7. The summed E-state index contributed by atoms with van der Waals surface area (Å²) in [7, 11) is 0. The van der Waals surface area contributed by atoms with Gasteiger partial charge in [-0.15, -0.1) is 6.58 Å². The maximum absolute atomic E-state index is 6.39. The lowest BCUT2D eigenvalue weighted by atomic mass is 10.0. The van der Waals surface area contributed by atoms with Gasteiger partial charge in [0.1, 0.15) is 17.3 Å². The van der Waals surface area contributed by atoms with E-state index in [0.29, 0.717) is 5.92 Å². The quantitative estimate of drug-likeness (QED) is 0.808. The first-order chi connectivity index (χ1) is 10.3. The van der Waals surface area contributed by atoms with Gasteiger partial charge in [0.05, 0.1) is 0 Å². The van der Waals surface area contributed by atoms with Crippen molar-refractivity contribution in [1.29, 1.82) is 0 Å². The normalized spacial score (nSPS) is 14.3. The Hall–Kier alpha value is -2.03. The standard InChI is InChI=1S/C18H23N3/c1-3-7-16-20-17(18(19)21(16)12-4-2)15-9-6-5-8-14(15)13-10-11-13/h4-6,8-9,13H,2-3,7,10-12,19H2,1H3. The van der Waals surface area contributed by atoms with Gasteiger partial charge in [-0.25, -0.2) is 4.98 Å². The maximum Gasteiger partial charge on any atom is 0.132 e. The topological polar surface area (TPSA) is 43.8 Å². The monoisotopic (exact) mass is 281 g/mol. The van der Waals surface area contributed by atoms with E-state index in [4.69, 9.17) is 10.7 Å². The second-order valence-corrected chi connectivity index (χ2v) is 5.77. The third kappa shape index (κ3) is 2.60. The van der Waals surface area contributed by atoms with Gasteiger partial charge in [-0.1, -0.05) is 37.3 Å². The third-order valence-electron chi connectivity index (χ3n) is 4.10. The van der Waals surface area contributed by atoms with E-state index in [0.717, 1.165) is 36.7 Å². The molecule has 3 rings (SSSR count). The van der Waals surface area contributed by atoms with Gasteiger partial charge in [0.15, 0.2) is 0 Å². The lowest BCUT2D eigenvalue weighted by Crippen LogP contribution is -2.05. The summed E-state index contributed by atoms with van der Waals surface area (Å²) in [5.74, 6) is 2.53. The fourth-order valence-corrected chi connectivity index (χ4v) is 2.92. The highest BCUT2D eigenvalue weighted by molar-refractivity contribution is 5.74. The van der Waals surface area contributed by atoms with Crippen molar-refractivity contribution in [3.63, 3.8) is 0 Å². The summed E-state index contributed by atoms with van der Waals surface area (Å²) in [6.45, 7) is 6.72. The van der Waals surface area contributed by atoms with Crippen LogP contribution in [0, 0.1) is 0 Å². The van der Waals surface area contributed by atoms with Crippen LogP contribution in [0.25, 0.3) is 11.3 Å². The Morgan fingerprint density at radius 1 is 1.38 bits per heavy atom. The largest absolute Gasteiger partial charge is 0.383 e. The Bertz CT molecular complexity index is 650. The summed E-state index contributed by atoms with van der Waals surface area (Å²) < 4.78 is 2.09. The summed E-state index contributed by atoms with van der Waals surface area (Å²) in [6, 6.07) is 8.56. The number of hydrogen-bond donors (Lipinski definition) is 1. The summed E-state index contributed by atoms with van der Waals surface area (Å²) in [4.78, 5) is 4.85. The molecule has 3 heteroatoms. The second-order valence-electron chi connectivity index (χ2n) is 5.77. The molecule has 0 amide bonds. The Labute approximate surface area is 126 Å². The Morgan fingerprint density at radius 2 is 2.14 bits per heavy atom. The van der Waals surface area contributed by atoms with Gasteiger partial charge in [0.25, 0.3) is 0 Å². The Morgan fingerprint density at radius 3 is 2.81 bits per heavy atom. The molecule has 0 saturated heterocycles. The maximum atomic E-state index is 6.39. The number of nitrogens with two attached hydrogens (primary N) is 1. The SMILES string of the molecule is C=CCn1c(CCC)nc(-c2ccccc2C2CC2)c1N. The van der Waals surface area contributed by atoms with Crippen LogP contribution in [0.2, 0.25) is 0 Å². The van der Waals surface area contributed by atoms with E-state index in [1.165, 1.54) is 24.0 Å². The van der Waals surface area contributed by atoms with Crippen molar-refractivity contribution in [2.45, 2.75) is 45.1 Å². The van der Waals surface area contributed by atoms with Gasteiger partial charge in [0.2, 0.25) is 0 Å². The number of imidazole rings is 1. The predicted molar refractivity (Wildman–Crippen MR) is 88.2 cm³/mol. The number of aryl methyl sites for hydroxylation is 1. The molecule has 1 fully saturated rings. The minimum Gasteiger partial charge on any atom is -0.383 e. The van der Waals surface area contributed by atoms with Crippen molar-refractivity contribution < 1.29 is 0 Å². The molecule has 0 radical (unpaired) electrons. The fraction of sp³-hybridized carbons (Fsp3) is 0.389. The zero-order chi connectivity index (χ0) is 14.8. The highest BCUT2D eigenvalue weighted by atomic mass is 15.1. The van der Waals surface area contributed by atoms with E-state index in [2.05, 4.69) is 42.3 Å². The van der Waals surface area contributed by atoms with E-state index in [1.807, 2.05) is 6.08 Å². The average Bonchev–Trinajstić information content (AvgIpc) is 3.29. The molecule has 1 aliphatic carbocycles. The fourth-order valence-electron chi connectivity index (χ4n) is 2.92. The van der Waals surface area contributed by atoms with E-state index >= 15 is 0 Å². The summed E-state index contributed by atoms with van der Waals surface area (Å²) in [6.07, 6.45) is 6.47. The van der Waals surface area contributed by atoms with E-state index < -0.39 is 0 Å². The van der Waals surface area contributed by atoms with E-state index in [9.17, 15) is 0 Å². The molecule has 0 aliphatic heterocycles. The van der Waals surface area contributed by atoms with Crippen LogP contribution in [-0.4, -0.2) is 9.55 Å². The van der Waals surface area contributed by atoms with E-state index in [-0.39, 0.29) is 0 Å². The third-order valence-corrected chi connectivity index (χ3v) is 4.10. The molecule has 1 aromatic heterocycles. The molecule has 1 saturated carbocycles. The molecule has 2 aromatic rings. The summed E-state index contributed by atoms with van der Waals surface area (Å²) in [5.41, 5.74) is 9.95. The van der Waals surface area contributed by atoms with Crippen LogP contribution < -0.4 is 5.73 Å². The van der Waals surface area contributed by atoms with Gasteiger partial charge in [-0.05, 0) is 30.7 Å². The molecule has 0 atom stereocenters. The molecule has 0 bridgehead atoms. The van der Waals surface area contributed by atoms with Crippen molar-refractivity contribution in [2.24, 2.45) is 0 Å². The minimum absolute atomic E-state index is 0.694. The van der Waals surface area contributed by atoms with Crippen molar-refractivity contribution in [3.05, 3.63) is 48.3 Å². The molecule has 110 valence electrons. The van der Waals surface area contributed by atoms with Crippen LogP contribution in [0.4, 0.5) is 5.82 Å². The van der Waals surface area contributed by atoms with Crippen LogP contribution in [0.5, 0.6) is 0 Å². The number of benzene rings is 1. The number of anilines is 1. The van der Waals surface area contributed by atoms with Crippen LogP contribution in [0.3, 0.4) is 0 Å². The number of hydrogen-bond acceptors (Lipinski definition) is 2. The number of aromatic nitrogens is 2. The first kappa shape index (κ1) is 13.9. The van der Waals surface area contributed by atoms with Crippen LogP contribution in [-0.2, 0) is 13.0 Å². The van der Waals surface area contributed by atoms with Gasteiger partial charge in [-0.2, -0.15) is 0 Å². The molecule has 21 heavy (non-hydrogen) atoms. The van der Waals surface area contributed by atoms with Gasteiger partial charge in [-0.3, -0.25) is 0 Å². The average molecular weight is 281 g/mol. The highest BCUT2D eigenvalue weighted by Gasteiger charge is 2.28. The van der Waals surface area contributed by atoms with E-state index in [1.54, 1.807) is 0 Å². The lowest BCUT2D eigenvalue weighted by Gasteiger charge is -2.08. The van der Waals surface area contributed by atoms with Crippen molar-refractivity contribution in [1.82, 2.24) is 9.55 Å². The Kier molecular flexibility index (Phi) is 3.82. The Balaban J connectivity index is 2.10. The minimum atomic E-state index is 0.694. The van der Waals surface area contributed by atoms with Crippen molar-refractivity contribution in [3.8, 4) is 11.3 Å². The molecule has 0 spiro atoms.